The Labute approximate surface area is 130 Å². The summed E-state index contributed by atoms with van der Waals surface area (Å²) in [6, 6.07) is 3.00. The summed E-state index contributed by atoms with van der Waals surface area (Å²) >= 11 is 0. The summed E-state index contributed by atoms with van der Waals surface area (Å²) in [5, 5.41) is 9.25. The Bertz CT molecular complexity index is 790. The third kappa shape index (κ3) is 3.18. The molecule has 1 aromatic carbocycles. The molecule has 2 rings (SSSR count). The molecule has 0 aliphatic carbocycles. The first-order valence-corrected chi connectivity index (χ1v) is 6.49. The molecule has 2 aromatic rings. The van der Waals surface area contributed by atoms with Crippen LogP contribution in [0.5, 0.6) is 11.5 Å². The SMILES string of the molecule is COc1cc(Cc2c(N)nc(N)[nH]c2=O)cc(OC)c1C(=O)O. The van der Waals surface area contributed by atoms with Gasteiger partial charge < -0.3 is 26.0 Å². The van der Waals surface area contributed by atoms with Crippen LogP contribution in [0.25, 0.3) is 0 Å². The maximum atomic E-state index is 11.9. The van der Waals surface area contributed by atoms with Gasteiger partial charge in [0.05, 0.1) is 19.8 Å². The van der Waals surface area contributed by atoms with Gasteiger partial charge in [-0.15, -0.1) is 0 Å². The van der Waals surface area contributed by atoms with Crippen LogP contribution in [0.3, 0.4) is 0 Å². The zero-order valence-corrected chi connectivity index (χ0v) is 12.5. The predicted molar refractivity (Wildman–Crippen MR) is 83.0 cm³/mol. The number of anilines is 2. The molecule has 0 aliphatic heterocycles. The van der Waals surface area contributed by atoms with Crippen molar-refractivity contribution in [1.29, 1.82) is 0 Å². The Morgan fingerprint density at radius 2 is 1.83 bits per heavy atom. The van der Waals surface area contributed by atoms with Crippen molar-refractivity contribution in [2.45, 2.75) is 6.42 Å². The van der Waals surface area contributed by atoms with Crippen molar-refractivity contribution in [3.05, 3.63) is 39.2 Å². The van der Waals surface area contributed by atoms with Crippen molar-refractivity contribution in [3.63, 3.8) is 0 Å². The highest BCUT2D eigenvalue weighted by atomic mass is 16.5. The molecule has 9 nitrogen and oxygen atoms in total. The zero-order chi connectivity index (χ0) is 17.1. The summed E-state index contributed by atoms with van der Waals surface area (Å²) < 4.78 is 10.2. The van der Waals surface area contributed by atoms with Crippen LogP contribution in [-0.2, 0) is 6.42 Å². The van der Waals surface area contributed by atoms with E-state index in [4.69, 9.17) is 20.9 Å². The molecule has 122 valence electrons. The zero-order valence-electron chi connectivity index (χ0n) is 12.5. The lowest BCUT2D eigenvalue weighted by atomic mass is 10.0. The largest absolute Gasteiger partial charge is 0.496 e. The minimum Gasteiger partial charge on any atom is -0.496 e. The molecule has 0 saturated heterocycles. The van der Waals surface area contributed by atoms with Gasteiger partial charge in [0.2, 0.25) is 5.95 Å². The molecule has 0 amide bonds. The lowest BCUT2D eigenvalue weighted by Gasteiger charge is -2.13. The summed E-state index contributed by atoms with van der Waals surface area (Å²) in [6.07, 6.45) is 0.112. The number of aromatic amines is 1. The molecule has 6 N–H and O–H groups in total. The minimum absolute atomic E-state index is 0.00601. The number of hydrogen-bond acceptors (Lipinski definition) is 7. The highest BCUT2D eigenvalue weighted by Gasteiger charge is 2.20. The number of carbonyl (C=O) groups is 1. The van der Waals surface area contributed by atoms with Crippen molar-refractivity contribution >= 4 is 17.7 Å². The van der Waals surface area contributed by atoms with Crippen molar-refractivity contribution in [2.75, 3.05) is 25.7 Å². The summed E-state index contributed by atoms with van der Waals surface area (Å²) in [7, 11) is 2.69. The standard InChI is InChI=1S/C14H16N4O5/c1-22-8-4-6(5-9(23-2)10(8)13(20)21)3-7-11(15)17-14(16)18-12(7)19/h4-5H,3H2,1-2H3,(H,20,21)(H5,15,16,17,18,19). The van der Waals surface area contributed by atoms with Crippen molar-refractivity contribution in [1.82, 2.24) is 9.97 Å². The Balaban J connectivity index is 2.54. The minimum atomic E-state index is -1.18. The summed E-state index contributed by atoms with van der Waals surface area (Å²) in [5.41, 5.74) is 11.4. The van der Waals surface area contributed by atoms with Crippen LogP contribution >= 0.6 is 0 Å². The van der Waals surface area contributed by atoms with Gasteiger partial charge in [0.25, 0.3) is 5.56 Å². The second-order valence-electron chi connectivity index (χ2n) is 4.67. The molecular weight excluding hydrogens is 304 g/mol. The number of hydrogen-bond donors (Lipinski definition) is 4. The Hall–Kier alpha value is -3.23. The molecular formula is C14H16N4O5. The monoisotopic (exact) mass is 320 g/mol. The fraction of sp³-hybridized carbons (Fsp3) is 0.214. The van der Waals surface area contributed by atoms with Crippen LogP contribution in [0.4, 0.5) is 11.8 Å². The van der Waals surface area contributed by atoms with E-state index in [1.165, 1.54) is 26.4 Å². The third-order valence-electron chi connectivity index (χ3n) is 3.23. The maximum Gasteiger partial charge on any atom is 0.343 e. The average molecular weight is 320 g/mol. The van der Waals surface area contributed by atoms with Crippen molar-refractivity contribution in [3.8, 4) is 11.5 Å². The van der Waals surface area contributed by atoms with E-state index in [0.29, 0.717) is 5.56 Å². The number of carboxylic acids is 1. The summed E-state index contributed by atoms with van der Waals surface area (Å²) in [4.78, 5) is 29.4. The van der Waals surface area contributed by atoms with E-state index >= 15 is 0 Å². The highest BCUT2D eigenvalue weighted by Crippen LogP contribution is 2.31. The fourth-order valence-corrected chi connectivity index (χ4v) is 2.19. The molecule has 1 heterocycles. The fourth-order valence-electron chi connectivity index (χ4n) is 2.19. The number of aromatic carboxylic acids is 1. The molecule has 0 fully saturated rings. The number of nitrogens with two attached hydrogens (primary N) is 2. The van der Waals surface area contributed by atoms with Crippen molar-refractivity contribution in [2.24, 2.45) is 0 Å². The third-order valence-corrected chi connectivity index (χ3v) is 3.23. The number of carboxylic acid groups (broad SMARTS) is 1. The van der Waals surface area contributed by atoms with Crippen LogP contribution in [0.1, 0.15) is 21.5 Å². The molecule has 0 unspecified atom stereocenters. The van der Waals surface area contributed by atoms with Crippen LogP contribution in [0.2, 0.25) is 0 Å². The number of benzene rings is 1. The predicted octanol–water partition coefficient (Wildman–Crippen LogP) is 0.240. The molecule has 23 heavy (non-hydrogen) atoms. The lowest BCUT2D eigenvalue weighted by Crippen LogP contribution is -2.19. The quantitative estimate of drug-likeness (QED) is 0.611. The van der Waals surface area contributed by atoms with Gasteiger partial charge in [-0.3, -0.25) is 9.78 Å². The van der Waals surface area contributed by atoms with Crippen LogP contribution in [0, 0.1) is 0 Å². The number of nitrogens with zero attached hydrogens (tertiary/aromatic N) is 1. The maximum absolute atomic E-state index is 11.9. The lowest BCUT2D eigenvalue weighted by molar-refractivity contribution is 0.0689. The molecule has 0 saturated carbocycles. The van der Waals surface area contributed by atoms with Gasteiger partial charge in [0, 0.05) is 6.42 Å². The van der Waals surface area contributed by atoms with E-state index in [1.807, 2.05) is 0 Å². The first kappa shape index (κ1) is 16.1. The second kappa shape index (κ2) is 6.26. The highest BCUT2D eigenvalue weighted by molar-refractivity contribution is 5.94. The van der Waals surface area contributed by atoms with E-state index < -0.39 is 11.5 Å². The number of H-pyrrole nitrogens is 1. The molecule has 0 radical (unpaired) electrons. The van der Waals surface area contributed by atoms with Gasteiger partial charge in [-0.25, -0.2) is 4.79 Å². The average Bonchev–Trinajstić information content (AvgIpc) is 2.49. The van der Waals surface area contributed by atoms with Crippen molar-refractivity contribution < 1.29 is 19.4 Å². The Kier molecular flexibility index (Phi) is 4.39. The number of nitrogen functional groups attached to an aromatic ring is 2. The van der Waals surface area contributed by atoms with Crippen LogP contribution < -0.4 is 26.5 Å². The first-order chi connectivity index (χ1) is 10.9. The Morgan fingerprint density at radius 1 is 1.26 bits per heavy atom. The van der Waals surface area contributed by atoms with E-state index in [1.54, 1.807) is 0 Å². The second-order valence-corrected chi connectivity index (χ2v) is 4.67. The first-order valence-electron chi connectivity index (χ1n) is 6.49. The number of nitrogens with one attached hydrogen (secondary N) is 1. The molecule has 0 bridgehead atoms. The molecule has 0 spiro atoms. The normalized spacial score (nSPS) is 10.3. The van der Waals surface area contributed by atoms with Gasteiger partial charge in [-0.2, -0.15) is 4.98 Å². The number of ether oxygens (including phenoxy) is 2. The van der Waals surface area contributed by atoms with E-state index in [0.717, 1.165) is 0 Å². The Morgan fingerprint density at radius 3 is 2.26 bits per heavy atom. The smallest absolute Gasteiger partial charge is 0.343 e. The molecule has 1 aromatic heterocycles. The van der Waals surface area contributed by atoms with Gasteiger partial charge in [0.1, 0.15) is 22.9 Å². The van der Waals surface area contributed by atoms with Gasteiger partial charge in [0.15, 0.2) is 0 Å². The topological polar surface area (TPSA) is 154 Å². The van der Waals surface area contributed by atoms with E-state index in [9.17, 15) is 14.7 Å². The van der Waals surface area contributed by atoms with E-state index in [2.05, 4.69) is 9.97 Å². The molecule has 0 aliphatic rings. The van der Waals surface area contributed by atoms with Gasteiger partial charge in [-0.05, 0) is 17.7 Å². The van der Waals surface area contributed by atoms with Gasteiger partial charge in [-0.1, -0.05) is 0 Å². The number of methoxy groups -OCH3 is 2. The van der Waals surface area contributed by atoms with Crippen LogP contribution in [-0.4, -0.2) is 35.3 Å². The molecule has 9 heteroatoms. The number of aromatic nitrogens is 2. The van der Waals surface area contributed by atoms with Gasteiger partial charge >= 0.3 is 5.97 Å². The number of rotatable bonds is 5. The summed E-state index contributed by atoms with van der Waals surface area (Å²) in [5.74, 6) is -1.02. The van der Waals surface area contributed by atoms with E-state index in [-0.39, 0.29) is 40.8 Å². The van der Waals surface area contributed by atoms with Crippen LogP contribution in [0.15, 0.2) is 16.9 Å². The molecule has 0 atom stereocenters. The summed E-state index contributed by atoms with van der Waals surface area (Å²) in [6.45, 7) is 0.